The lowest BCUT2D eigenvalue weighted by atomic mass is 10.1. The lowest BCUT2D eigenvalue weighted by Crippen LogP contribution is -2.31. The molecular formula is C13H20ClN5O3S. The molecule has 1 heterocycles. The molecule has 10 heteroatoms. The number of anilines is 1. The highest BCUT2D eigenvalue weighted by Gasteiger charge is 2.22. The van der Waals surface area contributed by atoms with Crippen LogP contribution in [0.5, 0.6) is 0 Å². The van der Waals surface area contributed by atoms with Crippen molar-refractivity contribution in [2.24, 2.45) is 21.6 Å². The third-order valence-electron chi connectivity index (χ3n) is 3.44. The second-order valence-electron chi connectivity index (χ2n) is 5.12. The number of piperidine rings is 1. The lowest BCUT2D eigenvalue weighted by Gasteiger charge is -2.30. The van der Waals surface area contributed by atoms with Gasteiger partial charge in [-0.25, -0.2) is 13.6 Å². The molecule has 0 aromatic heterocycles. The van der Waals surface area contributed by atoms with Crippen LogP contribution < -0.4 is 21.5 Å². The summed E-state index contributed by atoms with van der Waals surface area (Å²) in [6, 6.07) is 4.28. The molecular weight excluding hydrogens is 342 g/mol. The van der Waals surface area contributed by atoms with Crippen LogP contribution in [-0.4, -0.2) is 33.4 Å². The maximum Gasteiger partial charge on any atom is 0.280 e. The van der Waals surface area contributed by atoms with Crippen LogP contribution >= 0.6 is 12.4 Å². The van der Waals surface area contributed by atoms with Crippen LogP contribution in [0.15, 0.2) is 28.1 Å². The summed E-state index contributed by atoms with van der Waals surface area (Å²) >= 11 is 0. The number of hydrogen-bond acceptors (Lipinski definition) is 4. The van der Waals surface area contributed by atoms with Crippen LogP contribution in [0.2, 0.25) is 0 Å². The molecule has 0 spiro atoms. The van der Waals surface area contributed by atoms with Gasteiger partial charge < -0.3 is 16.4 Å². The van der Waals surface area contributed by atoms with Crippen LogP contribution in [0.1, 0.15) is 29.6 Å². The summed E-state index contributed by atoms with van der Waals surface area (Å²) in [5.41, 5.74) is 10.9. The quantitative estimate of drug-likeness (QED) is 0.516. The van der Waals surface area contributed by atoms with Gasteiger partial charge in [0, 0.05) is 18.7 Å². The van der Waals surface area contributed by atoms with Crippen molar-refractivity contribution < 1.29 is 13.2 Å². The van der Waals surface area contributed by atoms with E-state index in [0.717, 1.165) is 32.4 Å². The fourth-order valence-electron chi connectivity index (χ4n) is 2.45. The van der Waals surface area contributed by atoms with Crippen molar-refractivity contribution in [2.75, 3.05) is 18.0 Å². The van der Waals surface area contributed by atoms with Gasteiger partial charge in [0.05, 0.1) is 5.69 Å². The van der Waals surface area contributed by atoms with Gasteiger partial charge in [0.2, 0.25) is 10.0 Å². The first-order chi connectivity index (χ1) is 10.3. The van der Waals surface area contributed by atoms with Crippen molar-refractivity contribution in [3.8, 4) is 0 Å². The molecule has 1 fully saturated rings. The average Bonchev–Trinajstić information content (AvgIpc) is 2.46. The van der Waals surface area contributed by atoms with Gasteiger partial charge in [0.25, 0.3) is 5.91 Å². The molecule has 1 amide bonds. The van der Waals surface area contributed by atoms with Crippen LogP contribution in [0.25, 0.3) is 0 Å². The number of benzene rings is 1. The molecule has 0 radical (unpaired) electrons. The zero-order valence-corrected chi connectivity index (χ0v) is 14.1. The molecule has 1 saturated heterocycles. The predicted molar refractivity (Wildman–Crippen MR) is 91.3 cm³/mol. The minimum atomic E-state index is -3.97. The van der Waals surface area contributed by atoms with Crippen LogP contribution in [0.4, 0.5) is 5.69 Å². The molecule has 1 aliphatic heterocycles. The first-order valence-electron chi connectivity index (χ1n) is 6.85. The normalized spacial score (nSPS) is 14.7. The summed E-state index contributed by atoms with van der Waals surface area (Å²) in [4.78, 5) is 17.1. The third-order valence-corrected chi connectivity index (χ3v) is 4.38. The maximum absolute atomic E-state index is 11.8. The van der Waals surface area contributed by atoms with Gasteiger partial charge in [-0.15, -0.1) is 12.4 Å². The number of carbonyl (C=O) groups is 1. The molecule has 2 rings (SSSR count). The zero-order valence-electron chi connectivity index (χ0n) is 12.4. The van der Waals surface area contributed by atoms with E-state index in [1.54, 1.807) is 6.07 Å². The fraction of sp³-hybridized carbons (Fsp3) is 0.385. The molecule has 8 nitrogen and oxygen atoms in total. The highest BCUT2D eigenvalue weighted by atomic mass is 35.5. The van der Waals surface area contributed by atoms with Crippen molar-refractivity contribution in [3.05, 3.63) is 23.8 Å². The van der Waals surface area contributed by atoms with Crippen LogP contribution in [-0.2, 0) is 10.0 Å². The number of aliphatic imine (C=N–C) groups is 1. The number of nitrogens with zero attached hydrogens (tertiary/aromatic N) is 2. The molecule has 23 heavy (non-hydrogen) atoms. The molecule has 6 N–H and O–H groups in total. The topological polar surface area (TPSA) is 145 Å². The van der Waals surface area contributed by atoms with Crippen molar-refractivity contribution in [2.45, 2.75) is 24.2 Å². The van der Waals surface area contributed by atoms with E-state index in [4.69, 9.17) is 16.6 Å². The Morgan fingerprint density at radius 3 is 2.26 bits per heavy atom. The second-order valence-corrected chi connectivity index (χ2v) is 6.65. The summed E-state index contributed by atoms with van der Waals surface area (Å²) in [5.74, 6) is -1.10. The van der Waals surface area contributed by atoms with E-state index < -0.39 is 15.9 Å². The van der Waals surface area contributed by atoms with Gasteiger partial charge in [-0.1, -0.05) is 0 Å². The van der Waals surface area contributed by atoms with Crippen molar-refractivity contribution in [3.63, 3.8) is 0 Å². The number of rotatable bonds is 3. The van der Waals surface area contributed by atoms with Crippen molar-refractivity contribution >= 4 is 40.0 Å². The number of primary sulfonamides is 1. The van der Waals surface area contributed by atoms with Crippen LogP contribution in [0.3, 0.4) is 0 Å². The van der Waals surface area contributed by atoms with E-state index in [1.165, 1.54) is 12.1 Å². The van der Waals surface area contributed by atoms with E-state index >= 15 is 0 Å². The SMILES string of the molecule is Cl.NC(N)=NC(=O)c1ccc(N2CCCCC2)c(S(N)(=O)=O)c1. The minimum absolute atomic E-state index is 0. The Morgan fingerprint density at radius 1 is 1.13 bits per heavy atom. The number of nitrogens with two attached hydrogens (primary N) is 3. The van der Waals surface area contributed by atoms with Crippen LogP contribution in [0, 0.1) is 0 Å². The molecule has 0 unspecified atom stereocenters. The summed E-state index contributed by atoms with van der Waals surface area (Å²) in [7, 11) is -3.97. The van der Waals surface area contributed by atoms with E-state index in [9.17, 15) is 13.2 Å². The fourth-order valence-corrected chi connectivity index (χ4v) is 3.23. The molecule has 0 bridgehead atoms. The van der Waals surface area contributed by atoms with Gasteiger partial charge in [-0.05, 0) is 37.5 Å². The molecule has 0 atom stereocenters. The molecule has 1 aromatic carbocycles. The van der Waals surface area contributed by atoms with Crippen molar-refractivity contribution in [1.82, 2.24) is 0 Å². The Bertz CT molecular complexity index is 710. The molecule has 1 aromatic rings. The summed E-state index contributed by atoms with van der Waals surface area (Å²) in [5, 5.41) is 5.28. The van der Waals surface area contributed by atoms with Gasteiger partial charge in [0.15, 0.2) is 5.96 Å². The Labute approximate surface area is 141 Å². The van der Waals surface area contributed by atoms with Crippen molar-refractivity contribution in [1.29, 1.82) is 0 Å². The van der Waals surface area contributed by atoms with E-state index in [2.05, 4.69) is 4.99 Å². The van der Waals surface area contributed by atoms with Gasteiger partial charge >= 0.3 is 0 Å². The van der Waals surface area contributed by atoms with Gasteiger partial charge in [-0.3, -0.25) is 4.79 Å². The third kappa shape index (κ3) is 4.81. The molecule has 128 valence electrons. The van der Waals surface area contributed by atoms with Gasteiger partial charge in [0.1, 0.15) is 4.90 Å². The Morgan fingerprint density at radius 2 is 1.74 bits per heavy atom. The summed E-state index contributed by atoms with van der Waals surface area (Å²) in [6.07, 6.45) is 3.08. The minimum Gasteiger partial charge on any atom is -0.370 e. The highest BCUT2D eigenvalue weighted by molar-refractivity contribution is 7.89. The van der Waals surface area contributed by atoms with Gasteiger partial charge in [-0.2, -0.15) is 4.99 Å². The number of hydrogen-bond donors (Lipinski definition) is 3. The monoisotopic (exact) mass is 361 g/mol. The van der Waals surface area contributed by atoms with E-state index in [0.29, 0.717) is 5.69 Å². The highest BCUT2D eigenvalue weighted by Crippen LogP contribution is 2.28. The Hall–Kier alpha value is -1.84. The zero-order chi connectivity index (χ0) is 16.3. The van der Waals surface area contributed by atoms with E-state index in [1.807, 2.05) is 4.90 Å². The number of amides is 1. The second kappa shape index (κ2) is 7.62. The number of halogens is 1. The average molecular weight is 362 g/mol. The summed E-state index contributed by atoms with van der Waals surface area (Å²) < 4.78 is 23.7. The number of carbonyl (C=O) groups excluding carboxylic acids is 1. The summed E-state index contributed by atoms with van der Waals surface area (Å²) in [6.45, 7) is 1.51. The standard InChI is InChI=1S/C13H19N5O3S.ClH/c14-13(15)17-12(19)9-4-5-10(11(8-9)22(16,20)21)18-6-2-1-3-7-18;/h4-5,8H,1-3,6-7H2,(H2,16,20,21)(H4,14,15,17,19);1H. The lowest BCUT2D eigenvalue weighted by molar-refractivity contribution is 0.100. The smallest absolute Gasteiger partial charge is 0.280 e. The number of sulfonamides is 1. The Balaban J connectivity index is 0.00000264. The Kier molecular flexibility index (Phi) is 6.37. The van der Waals surface area contributed by atoms with E-state index in [-0.39, 0.29) is 28.8 Å². The maximum atomic E-state index is 11.8. The predicted octanol–water partition coefficient (Wildman–Crippen LogP) is 0.160. The molecule has 0 saturated carbocycles. The molecule has 1 aliphatic rings. The first kappa shape index (κ1) is 19.2. The molecule has 0 aliphatic carbocycles. The number of guanidine groups is 1. The first-order valence-corrected chi connectivity index (χ1v) is 8.39. The largest absolute Gasteiger partial charge is 0.370 e.